The molecule has 4 rings (SSSR count). The van der Waals surface area contributed by atoms with E-state index >= 15 is 0 Å². The van der Waals surface area contributed by atoms with Gasteiger partial charge in [0.05, 0.1) is 15.8 Å². The number of aliphatic hydroxyl groups excluding tert-OH is 1. The maximum absolute atomic E-state index is 9.30. The van der Waals surface area contributed by atoms with Crippen molar-refractivity contribution >= 4 is 22.6 Å². The van der Waals surface area contributed by atoms with Crippen molar-refractivity contribution in [3.8, 4) is 0 Å². The van der Waals surface area contributed by atoms with Crippen molar-refractivity contribution in [3.63, 3.8) is 0 Å². The fraction of sp³-hybridized carbons (Fsp3) is 0.700. The number of hydrogen-bond donors (Lipinski definition) is 1. The third kappa shape index (κ3) is 1.16. The molecule has 0 unspecified atom stereocenters. The number of halogens is 1. The molecule has 1 aromatic rings. The van der Waals surface area contributed by atoms with Crippen LogP contribution in [-0.4, -0.2) is 21.5 Å². The van der Waals surface area contributed by atoms with Gasteiger partial charge < -0.3 is 5.11 Å². The summed E-state index contributed by atoms with van der Waals surface area (Å²) in [4.78, 5) is 0. The molecule has 1 N–H and O–H groups in total. The summed E-state index contributed by atoms with van der Waals surface area (Å²) >= 11 is 2.29. The van der Waals surface area contributed by atoms with Crippen LogP contribution >= 0.6 is 22.6 Å². The molecule has 1 aromatic heterocycles. The molecule has 76 valence electrons. The summed E-state index contributed by atoms with van der Waals surface area (Å²) in [5.74, 6) is 0.762. The fourth-order valence-electron chi connectivity index (χ4n) is 3.10. The van der Waals surface area contributed by atoms with E-state index in [2.05, 4.69) is 38.6 Å². The molecule has 3 fully saturated rings. The van der Waals surface area contributed by atoms with Crippen LogP contribution in [0.2, 0.25) is 0 Å². The molecule has 0 amide bonds. The molecule has 1 heterocycles. The van der Waals surface area contributed by atoms with Crippen molar-refractivity contribution in [1.29, 1.82) is 0 Å². The van der Waals surface area contributed by atoms with E-state index in [0.29, 0.717) is 12.6 Å². The highest BCUT2D eigenvalue weighted by Gasteiger charge is 2.56. The molecule has 3 aliphatic carbocycles. The van der Waals surface area contributed by atoms with Crippen LogP contribution in [0.25, 0.3) is 0 Å². The van der Waals surface area contributed by atoms with Gasteiger partial charge in [-0.1, -0.05) is 0 Å². The minimum Gasteiger partial charge on any atom is -0.396 e. The lowest BCUT2D eigenvalue weighted by Crippen LogP contribution is -2.31. The van der Waals surface area contributed by atoms with Crippen molar-refractivity contribution in [2.24, 2.45) is 11.3 Å². The third-order valence-electron chi connectivity index (χ3n) is 3.82. The highest BCUT2D eigenvalue weighted by Crippen LogP contribution is 2.63. The summed E-state index contributed by atoms with van der Waals surface area (Å²) in [5, 5.41) is 13.7. The first-order valence-electron chi connectivity index (χ1n) is 5.03. The van der Waals surface area contributed by atoms with Crippen LogP contribution in [0.15, 0.2) is 12.4 Å². The Morgan fingerprint density at radius 1 is 1.57 bits per heavy atom. The van der Waals surface area contributed by atoms with E-state index in [-0.39, 0.29) is 5.41 Å². The largest absolute Gasteiger partial charge is 0.396 e. The van der Waals surface area contributed by atoms with Crippen molar-refractivity contribution in [2.75, 3.05) is 6.61 Å². The molecule has 0 aliphatic heterocycles. The van der Waals surface area contributed by atoms with E-state index in [1.807, 2.05) is 6.20 Å². The van der Waals surface area contributed by atoms with Gasteiger partial charge in [-0.2, -0.15) is 5.10 Å². The zero-order chi connectivity index (χ0) is 9.76. The molecule has 4 heteroatoms. The van der Waals surface area contributed by atoms with Crippen LogP contribution in [0.4, 0.5) is 0 Å². The Bertz CT molecular complexity index is 357. The van der Waals surface area contributed by atoms with Crippen molar-refractivity contribution < 1.29 is 5.11 Å². The average molecular weight is 304 g/mol. The Morgan fingerprint density at radius 2 is 2.36 bits per heavy atom. The van der Waals surface area contributed by atoms with Gasteiger partial charge in [0.15, 0.2) is 0 Å². The summed E-state index contributed by atoms with van der Waals surface area (Å²) < 4.78 is 3.29. The topological polar surface area (TPSA) is 38.0 Å². The van der Waals surface area contributed by atoms with Crippen LogP contribution in [-0.2, 0) is 0 Å². The maximum atomic E-state index is 9.30. The van der Waals surface area contributed by atoms with Crippen molar-refractivity contribution in [3.05, 3.63) is 16.0 Å². The van der Waals surface area contributed by atoms with Gasteiger partial charge >= 0.3 is 0 Å². The van der Waals surface area contributed by atoms with Gasteiger partial charge in [0, 0.05) is 12.8 Å². The van der Waals surface area contributed by atoms with Gasteiger partial charge in [-0.05, 0) is 53.2 Å². The summed E-state index contributed by atoms with van der Waals surface area (Å²) in [7, 11) is 0. The Morgan fingerprint density at radius 3 is 2.86 bits per heavy atom. The van der Waals surface area contributed by atoms with E-state index in [1.54, 1.807) is 0 Å². The molecule has 0 saturated heterocycles. The first kappa shape index (κ1) is 9.15. The molecule has 14 heavy (non-hydrogen) atoms. The molecule has 3 aliphatic rings. The van der Waals surface area contributed by atoms with E-state index in [1.165, 1.54) is 16.4 Å². The first-order chi connectivity index (χ1) is 6.72. The van der Waals surface area contributed by atoms with Gasteiger partial charge in [0.2, 0.25) is 0 Å². The van der Waals surface area contributed by atoms with E-state index in [0.717, 1.165) is 12.3 Å². The van der Waals surface area contributed by atoms with Gasteiger partial charge in [0.25, 0.3) is 0 Å². The number of aromatic nitrogens is 2. The predicted molar refractivity (Wildman–Crippen MR) is 60.8 cm³/mol. The first-order valence-corrected chi connectivity index (χ1v) is 6.11. The lowest BCUT2D eigenvalue weighted by Gasteiger charge is -2.36. The second-order valence-corrected chi connectivity index (χ2v) is 5.98. The monoisotopic (exact) mass is 304 g/mol. The predicted octanol–water partition coefficient (Wildman–Crippen LogP) is 1.82. The van der Waals surface area contributed by atoms with E-state index in [9.17, 15) is 5.11 Å². The summed E-state index contributed by atoms with van der Waals surface area (Å²) in [5.41, 5.74) is 0.257. The van der Waals surface area contributed by atoms with Gasteiger partial charge in [-0.3, -0.25) is 4.68 Å². The number of hydrogen-bond acceptors (Lipinski definition) is 2. The molecule has 0 aromatic carbocycles. The van der Waals surface area contributed by atoms with Crippen LogP contribution < -0.4 is 0 Å². The molecule has 0 spiro atoms. The second-order valence-electron chi connectivity index (χ2n) is 4.74. The number of nitrogens with zero attached hydrogens (tertiary/aromatic N) is 2. The minimum absolute atomic E-state index is 0.257. The summed E-state index contributed by atoms with van der Waals surface area (Å²) in [6.45, 7) is 0.359. The molecule has 1 atom stereocenters. The molecule has 3 nitrogen and oxygen atoms in total. The maximum Gasteiger partial charge on any atom is 0.0623 e. The number of aliphatic hydroxyl groups is 1. The third-order valence-corrected chi connectivity index (χ3v) is 4.38. The summed E-state index contributed by atoms with van der Waals surface area (Å²) in [6, 6.07) is 0.547. The normalized spacial score (nSPS) is 39.9. The van der Waals surface area contributed by atoms with Crippen LogP contribution in [0.3, 0.4) is 0 Å². The smallest absolute Gasteiger partial charge is 0.0623 e. The number of fused-ring (bicyclic) bond motifs is 1. The highest BCUT2D eigenvalue weighted by atomic mass is 127. The van der Waals surface area contributed by atoms with E-state index < -0.39 is 0 Å². The van der Waals surface area contributed by atoms with Crippen molar-refractivity contribution in [1.82, 2.24) is 9.78 Å². The zero-order valence-electron chi connectivity index (χ0n) is 7.86. The zero-order valence-corrected chi connectivity index (χ0v) is 10.0. The Labute approximate surface area is 96.6 Å². The summed E-state index contributed by atoms with van der Waals surface area (Å²) in [6.07, 6.45) is 7.53. The fourth-order valence-corrected chi connectivity index (χ4v) is 3.51. The van der Waals surface area contributed by atoms with Gasteiger partial charge in [-0.15, -0.1) is 0 Å². The molecule has 3 saturated carbocycles. The van der Waals surface area contributed by atoms with Crippen LogP contribution in [0, 0.1) is 14.9 Å². The van der Waals surface area contributed by atoms with E-state index in [4.69, 9.17) is 0 Å². The number of rotatable bonds is 2. The molecular weight excluding hydrogens is 291 g/mol. The molecule has 0 radical (unpaired) electrons. The van der Waals surface area contributed by atoms with Gasteiger partial charge in [0.1, 0.15) is 0 Å². The van der Waals surface area contributed by atoms with Gasteiger partial charge in [-0.25, -0.2) is 0 Å². The Hall–Kier alpha value is -0.100. The quantitative estimate of drug-likeness (QED) is 0.847. The highest BCUT2D eigenvalue weighted by molar-refractivity contribution is 14.1. The standard InChI is InChI=1S/C10H13IN2O/c11-8-4-12-13(5-8)9-3-10(6-14)1-7(9)2-10/h4-5,7,9,14H,1-3,6H2/t7?,9-,10?/m0/s1. The molecule has 2 bridgehead atoms. The van der Waals surface area contributed by atoms with Crippen LogP contribution in [0.5, 0.6) is 0 Å². The minimum atomic E-state index is 0.257. The lowest BCUT2D eigenvalue weighted by atomic mass is 9.70. The SMILES string of the molecule is OCC12CC(C1)[C@@H](n1cc(I)cn1)C2. The van der Waals surface area contributed by atoms with Crippen molar-refractivity contribution in [2.45, 2.75) is 25.3 Å². The molecular formula is C10H13IN2O. The second kappa shape index (κ2) is 2.95. The average Bonchev–Trinajstić information content (AvgIpc) is 2.73. The lowest BCUT2D eigenvalue weighted by molar-refractivity contribution is 0.0544. The van der Waals surface area contributed by atoms with Crippen LogP contribution in [0.1, 0.15) is 25.3 Å². The Balaban J connectivity index is 1.83. The Kier molecular flexibility index (Phi) is 1.93.